The third-order valence-electron chi connectivity index (χ3n) is 3.73. The van der Waals surface area contributed by atoms with Gasteiger partial charge in [-0.15, -0.1) is 0 Å². The Morgan fingerprint density at radius 3 is 2.53 bits per heavy atom. The molecular weight excluding hydrogens is 210 g/mol. The van der Waals surface area contributed by atoms with E-state index in [4.69, 9.17) is 5.11 Å². The van der Waals surface area contributed by atoms with Gasteiger partial charge >= 0.3 is 0 Å². The molecule has 1 unspecified atom stereocenters. The first-order valence-electron chi connectivity index (χ1n) is 6.81. The van der Waals surface area contributed by atoms with Crippen LogP contribution in [0.1, 0.15) is 43.7 Å². The number of benzene rings is 1. The summed E-state index contributed by atoms with van der Waals surface area (Å²) in [5, 5.41) is 12.5. The molecule has 2 N–H and O–H groups in total. The lowest BCUT2D eigenvalue weighted by atomic mass is 9.91. The number of aliphatic hydroxyl groups is 1. The molecule has 2 nitrogen and oxygen atoms in total. The van der Waals surface area contributed by atoms with E-state index >= 15 is 0 Å². The second-order valence-corrected chi connectivity index (χ2v) is 4.96. The van der Waals surface area contributed by atoms with Crippen LogP contribution in [0.3, 0.4) is 0 Å². The summed E-state index contributed by atoms with van der Waals surface area (Å²) in [6.45, 7) is 1.19. The highest BCUT2D eigenvalue weighted by molar-refractivity contribution is 5.20. The van der Waals surface area contributed by atoms with Gasteiger partial charge in [-0.1, -0.05) is 43.2 Å². The molecule has 1 fully saturated rings. The molecule has 1 aromatic carbocycles. The van der Waals surface area contributed by atoms with Crippen LogP contribution < -0.4 is 5.32 Å². The Morgan fingerprint density at radius 1 is 1.18 bits per heavy atom. The zero-order valence-corrected chi connectivity index (χ0v) is 10.4. The highest BCUT2D eigenvalue weighted by Crippen LogP contribution is 2.35. The molecule has 94 valence electrons. The average Bonchev–Trinajstić information content (AvgIpc) is 2.89. The third-order valence-corrected chi connectivity index (χ3v) is 3.73. The van der Waals surface area contributed by atoms with Gasteiger partial charge in [-0.25, -0.2) is 0 Å². The summed E-state index contributed by atoms with van der Waals surface area (Å²) >= 11 is 0. The number of hydrogen-bond acceptors (Lipinski definition) is 2. The van der Waals surface area contributed by atoms with Gasteiger partial charge in [-0.3, -0.25) is 0 Å². The Hall–Kier alpha value is -0.860. The molecule has 1 aliphatic carbocycles. The maximum absolute atomic E-state index is 8.88. The standard InChI is InChI=1S/C15H23NO/c17-12-6-11-16-15(14-9-4-5-10-14)13-7-2-1-3-8-13/h1-3,7-8,14-17H,4-6,9-12H2. The predicted molar refractivity (Wildman–Crippen MR) is 70.8 cm³/mol. The minimum Gasteiger partial charge on any atom is -0.396 e. The second-order valence-electron chi connectivity index (χ2n) is 4.96. The van der Waals surface area contributed by atoms with Gasteiger partial charge < -0.3 is 10.4 Å². The van der Waals surface area contributed by atoms with Gasteiger partial charge in [0.05, 0.1) is 0 Å². The molecule has 0 spiro atoms. The maximum Gasteiger partial charge on any atom is 0.0443 e. The summed E-state index contributed by atoms with van der Waals surface area (Å²) < 4.78 is 0. The molecule has 0 amide bonds. The number of hydrogen-bond donors (Lipinski definition) is 2. The molecule has 2 rings (SSSR count). The van der Waals surface area contributed by atoms with Gasteiger partial charge in [0.25, 0.3) is 0 Å². The summed E-state index contributed by atoms with van der Waals surface area (Å²) in [5.41, 5.74) is 1.40. The molecule has 1 saturated carbocycles. The van der Waals surface area contributed by atoms with Gasteiger partial charge in [0, 0.05) is 12.6 Å². The Balaban J connectivity index is 2.01. The molecule has 0 aliphatic heterocycles. The van der Waals surface area contributed by atoms with Crippen LogP contribution in [-0.4, -0.2) is 18.3 Å². The van der Waals surface area contributed by atoms with Gasteiger partial charge in [0.1, 0.15) is 0 Å². The van der Waals surface area contributed by atoms with Crippen LogP contribution in [0.4, 0.5) is 0 Å². The van der Waals surface area contributed by atoms with Crippen LogP contribution in [0.15, 0.2) is 30.3 Å². The van der Waals surface area contributed by atoms with Crippen LogP contribution in [0.5, 0.6) is 0 Å². The lowest BCUT2D eigenvalue weighted by Crippen LogP contribution is -2.28. The zero-order chi connectivity index (χ0) is 11.9. The van der Waals surface area contributed by atoms with Crippen molar-refractivity contribution in [2.24, 2.45) is 5.92 Å². The van der Waals surface area contributed by atoms with E-state index in [1.807, 2.05) is 0 Å². The quantitative estimate of drug-likeness (QED) is 0.740. The highest BCUT2D eigenvalue weighted by Gasteiger charge is 2.25. The SMILES string of the molecule is OCCCNC(c1ccccc1)C1CCCC1. The van der Waals surface area contributed by atoms with Gasteiger partial charge in [0.15, 0.2) is 0 Å². The normalized spacial score (nSPS) is 18.4. The fraction of sp³-hybridized carbons (Fsp3) is 0.600. The maximum atomic E-state index is 8.88. The lowest BCUT2D eigenvalue weighted by Gasteiger charge is -2.25. The third kappa shape index (κ3) is 3.55. The first-order chi connectivity index (χ1) is 8.42. The number of aliphatic hydroxyl groups excluding tert-OH is 1. The van der Waals surface area contributed by atoms with Crippen molar-refractivity contribution in [3.05, 3.63) is 35.9 Å². The smallest absolute Gasteiger partial charge is 0.0443 e. The van der Waals surface area contributed by atoms with Crippen LogP contribution >= 0.6 is 0 Å². The van der Waals surface area contributed by atoms with E-state index in [0.717, 1.165) is 18.9 Å². The summed E-state index contributed by atoms with van der Waals surface area (Å²) in [4.78, 5) is 0. The molecule has 0 bridgehead atoms. The first kappa shape index (κ1) is 12.6. The number of nitrogens with one attached hydrogen (secondary N) is 1. The Morgan fingerprint density at radius 2 is 1.88 bits per heavy atom. The molecule has 1 aliphatic rings. The van der Waals surface area contributed by atoms with Crippen LogP contribution in [-0.2, 0) is 0 Å². The monoisotopic (exact) mass is 233 g/mol. The molecule has 0 heterocycles. The first-order valence-corrected chi connectivity index (χ1v) is 6.81. The van der Waals surface area contributed by atoms with E-state index in [2.05, 4.69) is 35.6 Å². The summed E-state index contributed by atoms with van der Waals surface area (Å²) in [6, 6.07) is 11.2. The van der Waals surface area contributed by atoms with Crippen molar-refractivity contribution in [3.63, 3.8) is 0 Å². The van der Waals surface area contributed by atoms with Crippen molar-refractivity contribution >= 4 is 0 Å². The van der Waals surface area contributed by atoms with Crippen molar-refractivity contribution in [1.29, 1.82) is 0 Å². The topological polar surface area (TPSA) is 32.3 Å². The molecule has 17 heavy (non-hydrogen) atoms. The van der Waals surface area contributed by atoms with Gasteiger partial charge in [-0.2, -0.15) is 0 Å². The lowest BCUT2D eigenvalue weighted by molar-refractivity contribution is 0.275. The molecular formula is C15H23NO. The van der Waals surface area contributed by atoms with Crippen LogP contribution in [0, 0.1) is 5.92 Å². The van der Waals surface area contributed by atoms with E-state index in [0.29, 0.717) is 6.04 Å². The fourth-order valence-electron chi connectivity index (χ4n) is 2.84. The Kier molecular flexibility index (Phi) is 5.02. The number of rotatable bonds is 6. The Bertz CT molecular complexity index is 306. The summed E-state index contributed by atoms with van der Waals surface area (Å²) in [7, 11) is 0. The largest absolute Gasteiger partial charge is 0.396 e. The van der Waals surface area contributed by atoms with E-state index in [1.165, 1.54) is 31.2 Å². The van der Waals surface area contributed by atoms with E-state index in [9.17, 15) is 0 Å². The van der Waals surface area contributed by atoms with E-state index < -0.39 is 0 Å². The molecule has 2 heteroatoms. The molecule has 1 atom stereocenters. The average molecular weight is 233 g/mol. The van der Waals surface area contributed by atoms with Gasteiger partial charge in [-0.05, 0) is 37.3 Å². The van der Waals surface area contributed by atoms with E-state index in [-0.39, 0.29) is 6.61 Å². The summed E-state index contributed by atoms with van der Waals surface area (Å²) in [5.74, 6) is 0.774. The Labute approximate surface area is 104 Å². The van der Waals surface area contributed by atoms with Crippen molar-refractivity contribution < 1.29 is 5.11 Å². The van der Waals surface area contributed by atoms with Crippen molar-refractivity contribution in [2.45, 2.75) is 38.1 Å². The predicted octanol–water partition coefficient (Wildman–Crippen LogP) is 2.89. The van der Waals surface area contributed by atoms with Crippen molar-refractivity contribution in [1.82, 2.24) is 5.32 Å². The zero-order valence-electron chi connectivity index (χ0n) is 10.4. The van der Waals surface area contributed by atoms with Gasteiger partial charge in [0.2, 0.25) is 0 Å². The van der Waals surface area contributed by atoms with E-state index in [1.54, 1.807) is 0 Å². The molecule has 0 radical (unpaired) electrons. The van der Waals surface area contributed by atoms with Crippen molar-refractivity contribution in [3.8, 4) is 0 Å². The molecule has 1 aromatic rings. The van der Waals surface area contributed by atoms with Crippen LogP contribution in [0.25, 0.3) is 0 Å². The van der Waals surface area contributed by atoms with Crippen molar-refractivity contribution in [2.75, 3.05) is 13.2 Å². The highest BCUT2D eigenvalue weighted by atomic mass is 16.3. The second kappa shape index (κ2) is 6.77. The minimum absolute atomic E-state index is 0.277. The fourth-order valence-corrected chi connectivity index (χ4v) is 2.84. The molecule has 0 saturated heterocycles. The summed E-state index contributed by atoms with van der Waals surface area (Å²) in [6.07, 6.45) is 6.26. The molecule has 0 aromatic heterocycles. The minimum atomic E-state index is 0.277. The van der Waals surface area contributed by atoms with Crippen LogP contribution in [0.2, 0.25) is 0 Å².